The Kier molecular flexibility index (Phi) is 7.44. The van der Waals surface area contributed by atoms with Gasteiger partial charge in [0.1, 0.15) is 0 Å². The van der Waals surface area contributed by atoms with E-state index in [9.17, 15) is 4.79 Å². The van der Waals surface area contributed by atoms with Gasteiger partial charge in [-0.2, -0.15) is 0 Å². The number of rotatable bonds is 8. The van der Waals surface area contributed by atoms with Crippen LogP contribution in [0.3, 0.4) is 0 Å². The molecule has 0 spiro atoms. The topological polar surface area (TPSA) is 72.3 Å². The first kappa shape index (κ1) is 22.4. The maximum atomic E-state index is 12.7. The van der Waals surface area contributed by atoms with Gasteiger partial charge in [0.05, 0.1) is 25.0 Å². The Morgan fingerprint density at radius 1 is 1.06 bits per heavy atom. The number of hydrogen-bond acceptors (Lipinski definition) is 6. The van der Waals surface area contributed by atoms with Crippen molar-refractivity contribution in [1.82, 2.24) is 20.1 Å². The number of morpholine rings is 1. The summed E-state index contributed by atoms with van der Waals surface area (Å²) >= 11 is 1.44. The average molecular weight is 452 g/mol. The number of nitrogens with one attached hydrogen (secondary N) is 1. The molecule has 0 aliphatic carbocycles. The van der Waals surface area contributed by atoms with Crippen LogP contribution in [0.2, 0.25) is 0 Å². The third kappa shape index (κ3) is 5.69. The van der Waals surface area contributed by atoms with E-state index in [0.717, 1.165) is 29.8 Å². The van der Waals surface area contributed by atoms with Crippen LogP contribution in [0, 0.1) is 6.92 Å². The van der Waals surface area contributed by atoms with Crippen LogP contribution in [0.25, 0.3) is 0 Å². The summed E-state index contributed by atoms with van der Waals surface area (Å²) in [6.07, 6.45) is 0. The van der Waals surface area contributed by atoms with Gasteiger partial charge in [0.15, 0.2) is 5.16 Å². The normalized spacial score (nSPS) is 14.9. The van der Waals surface area contributed by atoms with Crippen LogP contribution >= 0.6 is 11.8 Å². The van der Waals surface area contributed by atoms with E-state index in [-0.39, 0.29) is 11.2 Å². The molecule has 1 atom stereocenters. The van der Waals surface area contributed by atoms with E-state index in [2.05, 4.69) is 56.2 Å². The number of carbonyl (C=O) groups is 1. The third-order valence-corrected chi connectivity index (χ3v) is 6.49. The van der Waals surface area contributed by atoms with Gasteiger partial charge in [0, 0.05) is 19.6 Å². The second kappa shape index (κ2) is 10.7. The molecule has 1 aliphatic heterocycles. The van der Waals surface area contributed by atoms with E-state index < -0.39 is 0 Å². The van der Waals surface area contributed by atoms with Crippen LogP contribution in [-0.2, 0) is 22.6 Å². The molecule has 32 heavy (non-hydrogen) atoms. The van der Waals surface area contributed by atoms with E-state index in [1.165, 1.54) is 22.9 Å². The van der Waals surface area contributed by atoms with Gasteiger partial charge >= 0.3 is 0 Å². The fourth-order valence-electron chi connectivity index (χ4n) is 3.52. The van der Waals surface area contributed by atoms with Gasteiger partial charge in [0.2, 0.25) is 11.9 Å². The molecule has 1 fully saturated rings. The monoisotopic (exact) mass is 451 g/mol. The molecular formula is C24H29N5O2S. The predicted octanol–water partition coefficient (Wildman–Crippen LogP) is 3.27. The number of carbonyl (C=O) groups excluding carboxylic acids is 1. The number of thioether (sulfide) groups is 1. The molecule has 0 bridgehead atoms. The zero-order chi connectivity index (χ0) is 22.3. The lowest BCUT2D eigenvalue weighted by molar-refractivity contribution is -0.120. The van der Waals surface area contributed by atoms with E-state index >= 15 is 0 Å². The van der Waals surface area contributed by atoms with Crippen molar-refractivity contribution >= 4 is 23.6 Å². The largest absolute Gasteiger partial charge is 0.378 e. The predicted molar refractivity (Wildman–Crippen MR) is 127 cm³/mol. The molecule has 1 amide bonds. The van der Waals surface area contributed by atoms with Gasteiger partial charge in [-0.05, 0) is 25.0 Å². The summed E-state index contributed by atoms with van der Waals surface area (Å²) in [6.45, 7) is 8.05. The minimum absolute atomic E-state index is 0.0160. The molecule has 1 aromatic heterocycles. The van der Waals surface area contributed by atoms with Gasteiger partial charge in [0.25, 0.3) is 0 Å². The second-order valence-corrected chi connectivity index (χ2v) is 9.23. The maximum Gasteiger partial charge on any atom is 0.233 e. The van der Waals surface area contributed by atoms with Gasteiger partial charge < -0.3 is 15.0 Å². The molecule has 1 unspecified atom stereocenters. The van der Waals surface area contributed by atoms with E-state index in [1.54, 1.807) is 0 Å². The highest BCUT2D eigenvalue weighted by molar-refractivity contribution is 8.00. The molecule has 1 saturated heterocycles. The van der Waals surface area contributed by atoms with E-state index in [4.69, 9.17) is 4.74 Å². The van der Waals surface area contributed by atoms with Crippen LogP contribution in [0.5, 0.6) is 0 Å². The zero-order valence-corrected chi connectivity index (χ0v) is 19.3. The van der Waals surface area contributed by atoms with Crippen LogP contribution in [0.4, 0.5) is 5.95 Å². The minimum Gasteiger partial charge on any atom is -0.378 e. The molecule has 3 aromatic rings. The lowest BCUT2D eigenvalue weighted by Crippen LogP contribution is -2.38. The summed E-state index contributed by atoms with van der Waals surface area (Å²) in [4.78, 5) is 14.9. The third-order valence-electron chi connectivity index (χ3n) is 5.41. The van der Waals surface area contributed by atoms with Crippen LogP contribution in [0.15, 0.2) is 59.8 Å². The molecule has 4 rings (SSSR count). The first-order valence-corrected chi connectivity index (χ1v) is 11.8. The minimum atomic E-state index is -0.295. The fraction of sp³-hybridized carbons (Fsp3) is 0.375. The van der Waals surface area contributed by atoms with E-state index in [0.29, 0.717) is 26.3 Å². The molecule has 1 N–H and O–H groups in total. The van der Waals surface area contributed by atoms with Crippen molar-refractivity contribution in [2.75, 3.05) is 31.2 Å². The molecular weight excluding hydrogens is 422 g/mol. The standard InChI is InChI=1S/C24H29N5O2S/c1-18-8-10-20(11-9-18)16-25-22(30)19(2)32-24-27-26-23(28-12-14-31-15-13-28)29(24)17-21-6-4-3-5-7-21/h3-11,19H,12-17H2,1-2H3,(H,25,30). The second-order valence-electron chi connectivity index (χ2n) is 7.92. The van der Waals surface area contributed by atoms with E-state index in [1.807, 2.05) is 37.3 Å². The van der Waals surface area contributed by atoms with Crippen molar-refractivity contribution in [1.29, 1.82) is 0 Å². The van der Waals surface area contributed by atoms with Crippen LogP contribution < -0.4 is 10.2 Å². The first-order valence-electron chi connectivity index (χ1n) is 10.9. The number of amides is 1. The molecule has 0 saturated carbocycles. The Balaban J connectivity index is 1.47. The smallest absolute Gasteiger partial charge is 0.233 e. The summed E-state index contributed by atoms with van der Waals surface area (Å²) in [5, 5.41) is 12.4. The highest BCUT2D eigenvalue weighted by Crippen LogP contribution is 2.27. The fourth-order valence-corrected chi connectivity index (χ4v) is 4.39. The van der Waals surface area contributed by atoms with Gasteiger partial charge in [-0.15, -0.1) is 10.2 Å². The number of aryl methyl sites for hydroxylation is 1. The molecule has 0 radical (unpaired) electrons. The van der Waals surface area contributed by atoms with Gasteiger partial charge in [-0.3, -0.25) is 9.36 Å². The van der Waals surface area contributed by atoms with Crippen LogP contribution in [0.1, 0.15) is 23.6 Å². The Labute approximate surface area is 193 Å². The quantitative estimate of drug-likeness (QED) is 0.530. The maximum absolute atomic E-state index is 12.7. The lowest BCUT2D eigenvalue weighted by atomic mass is 10.1. The Morgan fingerprint density at radius 3 is 2.50 bits per heavy atom. The van der Waals surface area contributed by atoms with Crippen molar-refractivity contribution in [3.63, 3.8) is 0 Å². The van der Waals surface area contributed by atoms with Crippen molar-refractivity contribution in [3.05, 3.63) is 71.3 Å². The Hall–Kier alpha value is -2.84. The number of anilines is 1. The Morgan fingerprint density at radius 2 is 1.78 bits per heavy atom. The number of benzene rings is 2. The van der Waals surface area contributed by atoms with Crippen molar-refractivity contribution in [2.24, 2.45) is 0 Å². The molecule has 7 nitrogen and oxygen atoms in total. The summed E-state index contributed by atoms with van der Waals surface area (Å²) in [5.41, 5.74) is 3.46. The summed E-state index contributed by atoms with van der Waals surface area (Å²) < 4.78 is 7.60. The Bertz CT molecular complexity index is 1020. The van der Waals surface area contributed by atoms with Crippen molar-refractivity contribution < 1.29 is 9.53 Å². The lowest BCUT2D eigenvalue weighted by Gasteiger charge is -2.28. The summed E-state index contributed by atoms with van der Waals surface area (Å²) in [7, 11) is 0. The van der Waals surface area contributed by atoms with Crippen molar-refractivity contribution in [3.8, 4) is 0 Å². The highest BCUT2D eigenvalue weighted by atomic mass is 32.2. The molecule has 2 aromatic carbocycles. The average Bonchev–Trinajstić information content (AvgIpc) is 3.21. The number of nitrogens with zero attached hydrogens (tertiary/aromatic N) is 4. The van der Waals surface area contributed by atoms with Gasteiger partial charge in [-0.25, -0.2) is 0 Å². The van der Waals surface area contributed by atoms with Crippen molar-refractivity contribution in [2.45, 2.75) is 37.3 Å². The van der Waals surface area contributed by atoms with Gasteiger partial charge in [-0.1, -0.05) is 71.9 Å². The molecule has 8 heteroatoms. The molecule has 2 heterocycles. The molecule has 1 aliphatic rings. The highest BCUT2D eigenvalue weighted by Gasteiger charge is 2.24. The SMILES string of the molecule is Cc1ccc(CNC(=O)C(C)Sc2nnc(N3CCOCC3)n2Cc2ccccc2)cc1. The van der Waals surface area contributed by atoms with Crippen LogP contribution in [-0.4, -0.2) is 52.2 Å². The summed E-state index contributed by atoms with van der Waals surface area (Å²) in [5.74, 6) is 0.810. The first-order chi connectivity index (χ1) is 15.6. The number of hydrogen-bond donors (Lipinski definition) is 1. The number of aromatic nitrogens is 3. The molecule has 168 valence electrons. The number of ether oxygens (including phenoxy) is 1. The zero-order valence-electron chi connectivity index (χ0n) is 18.5. The summed E-state index contributed by atoms with van der Waals surface area (Å²) in [6, 6.07) is 18.4.